The van der Waals surface area contributed by atoms with E-state index in [2.05, 4.69) is 11.9 Å². The van der Waals surface area contributed by atoms with Crippen LogP contribution in [-0.2, 0) is 4.79 Å². The van der Waals surface area contributed by atoms with E-state index in [9.17, 15) is 9.59 Å². The summed E-state index contributed by atoms with van der Waals surface area (Å²) in [4.78, 5) is 22.2. The fraction of sp³-hybridized carbons (Fsp3) is 0.200. The van der Waals surface area contributed by atoms with Gasteiger partial charge in [0.2, 0.25) is 0 Å². The van der Waals surface area contributed by atoms with Gasteiger partial charge in [0.1, 0.15) is 5.70 Å². The Labute approximate surface area is 52.1 Å². The molecule has 48 valence electrons. The minimum atomic E-state index is -0.412. The Morgan fingerprint density at radius 3 is 2.22 bits per heavy atom. The van der Waals surface area contributed by atoms with Crippen LogP contribution in [0, 0.1) is 0 Å². The van der Waals surface area contributed by atoms with Gasteiger partial charge >= 0.3 is 6.03 Å². The summed E-state index contributed by atoms with van der Waals surface area (Å²) in [5.41, 5.74) is 0.141. The Bertz CT molecular complexity index is 197. The van der Waals surface area contributed by atoms with Gasteiger partial charge in [0.15, 0.2) is 0 Å². The number of likely N-dealkylation sites (N-methyl/N-ethyl adjacent to an activating group) is 1. The van der Waals surface area contributed by atoms with Crippen LogP contribution >= 0.6 is 0 Å². The highest BCUT2D eigenvalue weighted by molar-refractivity contribution is 6.10. The maximum Gasteiger partial charge on any atom is 0.328 e. The third-order valence-electron chi connectivity index (χ3n) is 1.13. The van der Waals surface area contributed by atoms with Crippen molar-refractivity contribution < 1.29 is 9.59 Å². The number of nitrogens with one attached hydrogen (secondary N) is 1. The summed E-state index contributed by atoms with van der Waals surface area (Å²) < 4.78 is 0. The summed E-state index contributed by atoms with van der Waals surface area (Å²) in [6, 6.07) is -0.412. The summed E-state index contributed by atoms with van der Waals surface area (Å²) in [5.74, 6) is -0.361. The van der Waals surface area contributed by atoms with Crippen LogP contribution in [0.2, 0.25) is 0 Å². The number of hydrogen-bond donors (Lipinski definition) is 1. The van der Waals surface area contributed by atoms with E-state index >= 15 is 0 Å². The molecule has 4 nitrogen and oxygen atoms in total. The average Bonchev–Trinajstić information content (AvgIpc) is 1.98. The van der Waals surface area contributed by atoms with Crippen LogP contribution in [0.3, 0.4) is 0 Å². The van der Waals surface area contributed by atoms with Gasteiger partial charge < -0.3 is 5.32 Å². The molecular weight excluding hydrogens is 120 g/mol. The standard InChI is InChI=1S/C5H6N2O2/c1-3-4(8)7(2)5(9)6-3/h1H2,2H3,(H,6,9). The molecule has 1 aliphatic rings. The number of rotatable bonds is 0. The molecule has 1 saturated heterocycles. The van der Waals surface area contributed by atoms with Crippen LogP contribution in [0.4, 0.5) is 4.79 Å². The zero-order valence-electron chi connectivity index (χ0n) is 4.97. The molecule has 1 fully saturated rings. The molecule has 0 aromatic carbocycles. The van der Waals surface area contributed by atoms with Crippen molar-refractivity contribution in [2.24, 2.45) is 0 Å². The number of urea groups is 1. The van der Waals surface area contributed by atoms with Crippen molar-refractivity contribution in [2.45, 2.75) is 0 Å². The molecule has 0 saturated carbocycles. The molecule has 1 N–H and O–H groups in total. The Balaban J connectivity index is 2.90. The van der Waals surface area contributed by atoms with Crippen molar-refractivity contribution >= 4 is 11.9 Å². The Kier molecular flexibility index (Phi) is 1.02. The van der Waals surface area contributed by atoms with Gasteiger partial charge in [0.05, 0.1) is 0 Å². The normalized spacial score (nSPS) is 18.8. The topological polar surface area (TPSA) is 49.4 Å². The van der Waals surface area contributed by atoms with Crippen molar-refractivity contribution in [2.75, 3.05) is 7.05 Å². The number of nitrogens with zero attached hydrogens (tertiary/aromatic N) is 1. The average molecular weight is 126 g/mol. The molecule has 1 aliphatic heterocycles. The molecule has 0 spiro atoms. The van der Waals surface area contributed by atoms with E-state index in [-0.39, 0.29) is 11.6 Å². The lowest BCUT2D eigenvalue weighted by Gasteiger charge is -1.98. The Morgan fingerprint density at radius 2 is 2.11 bits per heavy atom. The lowest BCUT2D eigenvalue weighted by Crippen LogP contribution is -2.25. The number of imide groups is 1. The molecule has 9 heavy (non-hydrogen) atoms. The van der Waals surface area contributed by atoms with Crippen LogP contribution in [0.25, 0.3) is 0 Å². The smallest absolute Gasteiger partial charge is 0.303 e. The maximum atomic E-state index is 10.7. The van der Waals surface area contributed by atoms with Crippen LogP contribution < -0.4 is 5.32 Å². The first kappa shape index (κ1) is 5.81. The molecule has 0 bridgehead atoms. The predicted octanol–water partition coefficient (Wildman–Crippen LogP) is -0.318. The van der Waals surface area contributed by atoms with Gasteiger partial charge in [-0.1, -0.05) is 6.58 Å². The monoisotopic (exact) mass is 126 g/mol. The van der Waals surface area contributed by atoms with Crippen LogP contribution in [0.15, 0.2) is 12.3 Å². The van der Waals surface area contributed by atoms with E-state index in [1.807, 2.05) is 0 Å². The van der Waals surface area contributed by atoms with Crippen LogP contribution in [0.5, 0.6) is 0 Å². The fourth-order valence-corrected chi connectivity index (χ4v) is 0.561. The molecule has 0 atom stereocenters. The third-order valence-corrected chi connectivity index (χ3v) is 1.13. The first-order valence-electron chi connectivity index (χ1n) is 2.41. The number of hydrogen-bond acceptors (Lipinski definition) is 2. The molecule has 4 heteroatoms. The van der Waals surface area contributed by atoms with Gasteiger partial charge in [-0.3, -0.25) is 9.69 Å². The predicted molar refractivity (Wildman–Crippen MR) is 30.4 cm³/mol. The molecule has 0 aliphatic carbocycles. The fourth-order valence-electron chi connectivity index (χ4n) is 0.561. The Hall–Kier alpha value is -1.32. The molecule has 1 rings (SSSR count). The third kappa shape index (κ3) is 0.679. The van der Waals surface area contributed by atoms with E-state index in [0.717, 1.165) is 4.90 Å². The number of carbonyl (C=O) groups is 2. The lowest BCUT2D eigenvalue weighted by atomic mass is 10.5. The molecular formula is C5H6N2O2. The zero-order chi connectivity index (χ0) is 7.02. The number of amides is 3. The van der Waals surface area contributed by atoms with Crippen molar-refractivity contribution in [1.82, 2.24) is 10.2 Å². The summed E-state index contributed by atoms with van der Waals surface area (Å²) in [7, 11) is 1.40. The van der Waals surface area contributed by atoms with E-state index in [1.54, 1.807) is 0 Å². The first-order chi connectivity index (χ1) is 4.13. The number of carbonyl (C=O) groups excluding carboxylic acids is 2. The van der Waals surface area contributed by atoms with Gasteiger partial charge in [-0.2, -0.15) is 0 Å². The van der Waals surface area contributed by atoms with Gasteiger partial charge in [0.25, 0.3) is 5.91 Å². The van der Waals surface area contributed by atoms with E-state index in [1.165, 1.54) is 7.05 Å². The minimum absolute atomic E-state index is 0.141. The first-order valence-corrected chi connectivity index (χ1v) is 2.41. The lowest BCUT2D eigenvalue weighted by molar-refractivity contribution is -0.121. The molecule has 0 aromatic heterocycles. The highest BCUT2D eigenvalue weighted by Crippen LogP contribution is 2.02. The highest BCUT2D eigenvalue weighted by atomic mass is 16.2. The van der Waals surface area contributed by atoms with Crippen LogP contribution in [0.1, 0.15) is 0 Å². The van der Waals surface area contributed by atoms with Crippen LogP contribution in [-0.4, -0.2) is 23.9 Å². The quantitative estimate of drug-likeness (QED) is 0.357. The van der Waals surface area contributed by atoms with E-state index in [0.29, 0.717) is 0 Å². The maximum absolute atomic E-state index is 10.7. The molecule has 3 amide bonds. The summed E-state index contributed by atoms with van der Waals surface area (Å²) in [6.07, 6.45) is 0. The Morgan fingerprint density at radius 1 is 1.56 bits per heavy atom. The van der Waals surface area contributed by atoms with E-state index < -0.39 is 6.03 Å². The molecule has 0 aromatic rings. The SMILES string of the molecule is C=C1NC(=O)N(C)C1=O. The van der Waals surface area contributed by atoms with Crippen molar-refractivity contribution in [3.63, 3.8) is 0 Å². The second-order valence-electron chi connectivity index (χ2n) is 1.77. The summed E-state index contributed by atoms with van der Waals surface area (Å²) in [6.45, 7) is 3.31. The van der Waals surface area contributed by atoms with Gasteiger partial charge in [-0.05, 0) is 0 Å². The highest BCUT2D eigenvalue weighted by Gasteiger charge is 2.27. The van der Waals surface area contributed by atoms with Gasteiger partial charge in [-0.25, -0.2) is 4.79 Å². The summed E-state index contributed by atoms with van der Waals surface area (Å²) >= 11 is 0. The van der Waals surface area contributed by atoms with Crippen molar-refractivity contribution in [1.29, 1.82) is 0 Å². The zero-order valence-corrected chi connectivity index (χ0v) is 4.97. The largest absolute Gasteiger partial charge is 0.328 e. The molecule has 0 radical (unpaired) electrons. The molecule has 1 heterocycles. The van der Waals surface area contributed by atoms with E-state index in [4.69, 9.17) is 0 Å². The van der Waals surface area contributed by atoms with Crippen molar-refractivity contribution in [3.8, 4) is 0 Å². The second-order valence-corrected chi connectivity index (χ2v) is 1.77. The van der Waals surface area contributed by atoms with Gasteiger partial charge in [-0.15, -0.1) is 0 Å². The van der Waals surface area contributed by atoms with Crippen molar-refractivity contribution in [3.05, 3.63) is 12.3 Å². The second kappa shape index (κ2) is 1.58. The molecule has 0 unspecified atom stereocenters. The minimum Gasteiger partial charge on any atom is -0.303 e. The van der Waals surface area contributed by atoms with Gasteiger partial charge in [0, 0.05) is 7.05 Å². The summed E-state index contributed by atoms with van der Waals surface area (Å²) in [5, 5.41) is 2.26.